The van der Waals surface area contributed by atoms with E-state index >= 15 is 0 Å². The normalized spacial score (nSPS) is 21.8. The fourth-order valence-electron chi connectivity index (χ4n) is 4.05. The van der Waals surface area contributed by atoms with Gasteiger partial charge in [0.1, 0.15) is 0 Å². The maximum absolute atomic E-state index is 13.7. The lowest BCUT2D eigenvalue weighted by Crippen LogP contribution is -2.49. The minimum absolute atomic E-state index is 0.0950. The lowest BCUT2D eigenvalue weighted by atomic mass is 9.90. The summed E-state index contributed by atoms with van der Waals surface area (Å²) in [5.74, 6) is 0.0145. The topological polar surface area (TPSA) is 93.1 Å². The molecule has 1 N–H and O–H groups in total. The highest BCUT2D eigenvalue weighted by molar-refractivity contribution is 7.99. The zero-order valence-electron chi connectivity index (χ0n) is 18.6. The lowest BCUT2D eigenvalue weighted by Gasteiger charge is -2.41. The van der Waals surface area contributed by atoms with E-state index in [1.807, 2.05) is 19.9 Å². The van der Waals surface area contributed by atoms with Crippen LogP contribution in [-0.2, 0) is 14.8 Å². The molecule has 3 atom stereocenters. The van der Waals surface area contributed by atoms with E-state index in [-0.39, 0.29) is 16.7 Å². The van der Waals surface area contributed by atoms with E-state index < -0.39 is 28.0 Å². The highest BCUT2D eigenvalue weighted by Gasteiger charge is 2.45. The number of aryl methyl sites for hydroxylation is 1. The second kappa shape index (κ2) is 10.1. The molecule has 0 unspecified atom stereocenters. The minimum atomic E-state index is -3.93. The molecule has 32 heavy (non-hydrogen) atoms. The summed E-state index contributed by atoms with van der Waals surface area (Å²) in [5, 5.41) is 9.65. The highest BCUT2D eigenvalue weighted by Crippen LogP contribution is 2.43. The van der Waals surface area contributed by atoms with Crippen LogP contribution in [0.25, 0.3) is 0 Å². The van der Waals surface area contributed by atoms with Crippen molar-refractivity contribution < 1.29 is 27.8 Å². The molecule has 1 fully saturated rings. The Balaban J connectivity index is 2.11. The Hall–Kier alpha value is -2.23. The van der Waals surface area contributed by atoms with Crippen molar-refractivity contribution in [3.05, 3.63) is 53.6 Å². The Labute approximate surface area is 193 Å². The van der Waals surface area contributed by atoms with E-state index in [0.717, 1.165) is 16.9 Å². The molecule has 1 heterocycles. The van der Waals surface area contributed by atoms with Gasteiger partial charge >= 0.3 is 5.97 Å². The molecule has 2 aromatic rings. The Morgan fingerprint density at radius 3 is 2.34 bits per heavy atom. The average Bonchev–Trinajstić information content (AvgIpc) is 2.78. The number of aliphatic carboxylic acids is 1. The number of rotatable bonds is 8. The largest absolute Gasteiger partial charge is 0.493 e. The monoisotopic (exact) mass is 479 g/mol. The van der Waals surface area contributed by atoms with Gasteiger partial charge in [0.25, 0.3) is 0 Å². The summed E-state index contributed by atoms with van der Waals surface area (Å²) in [4.78, 5) is 12.2. The third kappa shape index (κ3) is 4.89. The van der Waals surface area contributed by atoms with Crippen LogP contribution >= 0.6 is 11.8 Å². The Morgan fingerprint density at radius 2 is 1.78 bits per heavy atom. The van der Waals surface area contributed by atoms with Gasteiger partial charge in [-0.2, -0.15) is 16.1 Å². The van der Waals surface area contributed by atoms with Gasteiger partial charge < -0.3 is 14.6 Å². The molecular weight excluding hydrogens is 450 g/mol. The molecule has 9 heteroatoms. The van der Waals surface area contributed by atoms with Crippen molar-refractivity contribution in [1.29, 1.82) is 0 Å². The van der Waals surface area contributed by atoms with Crippen LogP contribution in [0.5, 0.6) is 11.5 Å². The van der Waals surface area contributed by atoms with E-state index in [9.17, 15) is 18.3 Å². The second-order valence-corrected chi connectivity index (χ2v) is 11.1. The summed E-state index contributed by atoms with van der Waals surface area (Å²) >= 11 is 1.56. The van der Waals surface area contributed by atoms with Gasteiger partial charge in [0, 0.05) is 11.8 Å². The van der Waals surface area contributed by atoms with Gasteiger partial charge in [-0.3, -0.25) is 4.79 Å². The zero-order chi connectivity index (χ0) is 23.5. The SMILES string of the molecule is CCS[C@@H]1C[C@@H](c2ccc(OC)c(OC)c2)N(S(=O)(=O)c2ccc(C)cc2)C[C@H]1C(=O)O. The summed E-state index contributed by atoms with van der Waals surface area (Å²) in [7, 11) is -0.861. The number of hydrogen-bond acceptors (Lipinski definition) is 6. The fourth-order valence-corrected chi connectivity index (χ4v) is 6.88. The van der Waals surface area contributed by atoms with Crippen molar-refractivity contribution in [1.82, 2.24) is 4.31 Å². The summed E-state index contributed by atoms with van der Waals surface area (Å²) in [6.07, 6.45) is 0.385. The maximum Gasteiger partial charge on any atom is 0.308 e. The smallest absolute Gasteiger partial charge is 0.308 e. The third-order valence-electron chi connectivity index (χ3n) is 5.75. The van der Waals surface area contributed by atoms with Crippen LogP contribution < -0.4 is 9.47 Å². The van der Waals surface area contributed by atoms with Gasteiger partial charge in [0.2, 0.25) is 10.0 Å². The van der Waals surface area contributed by atoms with Crippen LogP contribution in [0.2, 0.25) is 0 Å². The average molecular weight is 480 g/mol. The molecule has 174 valence electrons. The van der Waals surface area contributed by atoms with Gasteiger partial charge in [-0.05, 0) is 48.9 Å². The quantitative estimate of drug-likeness (QED) is 0.612. The van der Waals surface area contributed by atoms with Gasteiger partial charge in [-0.1, -0.05) is 30.7 Å². The number of carbonyl (C=O) groups is 1. The van der Waals surface area contributed by atoms with Crippen molar-refractivity contribution in [2.45, 2.75) is 36.5 Å². The van der Waals surface area contributed by atoms with E-state index in [0.29, 0.717) is 17.9 Å². The molecular formula is C23H29NO6S2. The number of thioether (sulfide) groups is 1. The van der Waals surface area contributed by atoms with Crippen LogP contribution in [0.15, 0.2) is 47.4 Å². The molecule has 7 nitrogen and oxygen atoms in total. The van der Waals surface area contributed by atoms with E-state index in [1.54, 1.807) is 48.2 Å². The molecule has 1 aliphatic rings. The van der Waals surface area contributed by atoms with Gasteiger partial charge in [-0.25, -0.2) is 8.42 Å². The number of nitrogens with zero attached hydrogens (tertiary/aromatic N) is 1. The van der Waals surface area contributed by atoms with Gasteiger partial charge in [0.15, 0.2) is 11.5 Å². The summed E-state index contributed by atoms with van der Waals surface area (Å²) < 4.78 is 39.4. The molecule has 3 rings (SSSR count). The molecule has 1 saturated heterocycles. The van der Waals surface area contributed by atoms with E-state index in [2.05, 4.69) is 0 Å². The molecule has 0 radical (unpaired) electrons. The van der Waals surface area contributed by atoms with Gasteiger partial charge in [-0.15, -0.1) is 0 Å². The predicted octanol–water partition coefficient (Wildman–Crippen LogP) is 3.97. The van der Waals surface area contributed by atoms with E-state index in [4.69, 9.17) is 9.47 Å². The van der Waals surface area contributed by atoms with Crippen LogP contribution in [0, 0.1) is 12.8 Å². The Kier molecular flexibility index (Phi) is 7.74. The number of carboxylic acids is 1. The Morgan fingerprint density at radius 1 is 1.12 bits per heavy atom. The van der Waals surface area contributed by atoms with E-state index in [1.165, 1.54) is 18.5 Å². The van der Waals surface area contributed by atoms with Crippen molar-refractivity contribution in [2.24, 2.45) is 5.92 Å². The number of methoxy groups -OCH3 is 2. The minimum Gasteiger partial charge on any atom is -0.493 e. The number of sulfonamides is 1. The molecule has 0 aromatic heterocycles. The number of piperidine rings is 1. The van der Waals surface area contributed by atoms with Crippen LogP contribution in [-0.4, -0.2) is 55.6 Å². The highest BCUT2D eigenvalue weighted by atomic mass is 32.2. The molecule has 0 bridgehead atoms. The van der Waals surface area contributed by atoms with Crippen LogP contribution in [0.4, 0.5) is 0 Å². The molecule has 0 amide bonds. The van der Waals surface area contributed by atoms with Crippen molar-refractivity contribution in [2.75, 3.05) is 26.5 Å². The van der Waals surface area contributed by atoms with Crippen LogP contribution in [0.1, 0.15) is 30.5 Å². The standard InChI is InChI=1S/C23H29NO6S2/c1-5-31-22-13-19(16-8-11-20(29-3)21(12-16)30-4)24(14-18(22)23(25)26)32(27,28)17-9-6-15(2)7-10-17/h6-12,18-19,22H,5,13-14H2,1-4H3,(H,25,26)/t18-,19+,22-/m1/s1. The van der Waals surface area contributed by atoms with Crippen molar-refractivity contribution >= 4 is 27.8 Å². The van der Waals surface area contributed by atoms with Crippen molar-refractivity contribution in [3.63, 3.8) is 0 Å². The number of benzene rings is 2. The zero-order valence-corrected chi connectivity index (χ0v) is 20.3. The molecule has 0 aliphatic carbocycles. The first kappa shape index (κ1) is 24.4. The number of hydrogen-bond donors (Lipinski definition) is 1. The van der Waals surface area contributed by atoms with Crippen LogP contribution in [0.3, 0.4) is 0 Å². The molecule has 0 saturated carbocycles. The second-order valence-electron chi connectivity index (χ2n) is 7.69. The first-order valence-electron chi connectivity index (χ1n) is 10.4. The maximum atomic E-state index is 13.7. The first-order valence-corrected chi connectivity index (χ1v) is 12.9. The number of carboxylic acid groups (broad SMARTS) is 1. The number of ether oxygens (including phenoxy) is 2. The summed E-state index contributed by atoms with van der Waals surface area (Å²) in [5.41, 5.74) is 1.69. The first-order chi connectivity index (χ1) is 15.2. The summed E-state index contributed by atoms with van der Waals surface area (Å²) in [6.45, 7) is 3.77. The summed E-state index contributed by atoms with van der Waals surface area (Å²) in [6, 6.07) is 11.4. The molecule has 2 aromatic carbocycles. The fraction of sp³-hybridized carbons (Fsp3) is 0.435. The Bertz CT molecular complexity index is 1050. The van der Waals surface area contributed by atoms with Crippen molar-refractivity contribution in [3.8, 4) is 11.5 Å². The van der Waals surface area contributed by atoms with Gasteiger partial charge in [0.05, 0.1) is 31.1 Å². The predicted molar refractivity (Wildman–Crippen MR) is 125 cm³/mol. The molecule has 0 spiro atoms. The molecule has 1 aliphatic heterocycles. The lowest BCUT2D eigenvalue weighted by molar-refractivity contribution is -0.143. The third-order valence-corrected chi connectivity index (χ3v) is 8.92.